The van der Waals surface area contributed by atoms with Crippen LogP contribution in [-0.4, -0.2) is 7.11 Å². The van der Waals surface area contributed by atoms with Crippen LogP contribution in [0.25, 0.3) is 0 Å². The monoisotopic (exact) mass is 279 g/mol. The van der Waals surface area contributed by atoms with Crippen molar-refractivity contribution in [1.29, 1.82) is 10.5 Å². The minimum absolute atomic E-state index is 0.290. The van der Waals surface area contributed by atoms with Crippen LogP contribution in [0.2, 0.25) is 0 Å². The van der Waals surface area contributed by atoms with Gasteiger partial charge >= 0.3 is 0 Å². The standard InChI is InChI=1S/C16H13N3O2/c1-20-16-7-12(2-4-13(16)9-18)10-21-15-5-3-11(8-17)6-14(15)19/h2-7H,10,19H2,1H3. The van der Waals surface area contributed by atoms with Gasteiger partial charge in [0, 0.05) is 0 Å². The molecule has 104 valence electrons. The van der Waals surface area contributed by atoms with E-state index in [9.17, 15) is 0 Å². The molecule has 2 aromatic carbocycles. The van der Waals surface area contributed by atoms with Gasteiger partial charge in [-0.3, -0.25) is 0 Å². The lowest BCUT2D eigenvalue weighted by Gasteiger charge is -2.10. The van der Waals surface area contributed by atoms with E-state index in [1.807, 2.05) is 6.07 Å². The summed E-state index contributed by atoms with van der Waals surface area (Å²) in [6.45, 7) is 0.290. The van der Waals surface area contributed by atoms with Crippen molar-refractivity contribution in [2.24, 2.45) is 0 Å². The molecule has 5 nitrogen and oxygen atoms in total. The quantitative estimate of drug-likeness (QED) is 0.868. The highest BCUT2D eigenvalue weighted by atomic mass is 16.5. The Hall–Kier alpha value is -3.18. The number of hydrogen-bond acceptors (Lipinski definition) is 5. The number of methoxy groups -OCH3 is 1. The van der Waals surface area contributed by atoms with E-state index in [4.69, 9.17) is 25.7 Å². The molecule has 0 unspecified atom stereocenters. The highest BCUT2D eigenvalue weighted by molar-refractivity contribution is 5.56. The van der Waals surface area contributed by atoms with Crippen molar-refractivity contribution in [3.8, 4) is 23.6 Å². The maximum atomic E-state index is 8.93. The molecule has 0 bridgehead atoms. The molecule has 0 radical (unpaired) electrons. The van der Waals surface area contributed by atoms with Crippen LogP contribution < -0.4 is 15.2 Å². The second kappa shape index (κ2) is 6.31. The Labute approximate surface area is 122 Å². The zero-order valence-corrected chi connectivity index (χ0v) is 11.5. The van der Waals surface area contributed by atoms with Crippen LogP contribution in [0.1, 0.15) is 16.7 Å². The fourth-order valence-electron chi connectivity index (χ4n) is 1.83. The van der Waals surface area contributed by atoms with Crippen LogP contribution in [-0.2, 0) is 6.61 Å². The van der Waals surface area contributed by atoms with Gasteiger partial charge < -0.3 is 15.2 Å². The Morgan fingerprint density at radius 2 is 1.86 bits per heavy atom. The van der Waals surface area contributed by atoms with Crippen molar-refractivity contribution in [1.82, 2.24) is 0 Å². The summed E-state index contributed by atoms with van der Waals surface area (Å²) in [5.41, 5.74) is 8.04. The van der Waals surface area contributed by atoms with Gasteiger partial charge in [-0.25, -0.2) is 0 Å². The van der Waals surface area contributed by atoms with Gasteiger partial charge in [-0.1, -0.05) is 6.07 Å². The zero-order valence-electron chi connectivity index (χ0n) is 11.5. The molecule has 2 rings (SSSR count). The van der Waals surface area contributed by atoms with Gasteiger partial charge in [-0.05, 0) is 35.9 Å². The van der Waals surface area contributed by atoms with Gasteiger partial charge in [0.15, 0.2) is 0 Å². The third kappa shape index (κ3) is 3.23. The first-order valence-corrected chi connectivity index (χ1v) is 6.17. The molecule has 0 spiro atoms. The lowest BCUT2D eigenvalue weighted by atomic mass is 10.1. The first kappa shape index (κ1) is 14.2. The van der Waals surface area contributed by atoms with Crippen LogP contribution in [0.5, 0.6) is 11.5 Å². The van der Waals surface area contributed by atoms with Crippen LogP contribution in [0.15, 0.2) is 36.4 Å². The molecule has 5 heteroatoms. The van der Waals surface area contributed by atoms with Crippen molar-refractivity contribution in [2.45, 2.75) is 6.61 Å². The van der Waals surface area contributed by atoms with Crippen LogP contribution >= 0.6 is 0 Å². The van der Waals surface area contributed by atoms with E-state index in [1.54, 1.807) is 36.4 Å². The largest absolute Gasteiger partial charge is 0.495 e. The Morgan fingerprint density at radius 3 is 2.48 bits per heavy atom. The van der Waals surface area contributed by atoms with Gasteiger partial charge in [0.2, 0.25) is 0 Å². The Kier molecular flexibility index (Phi) is 4.28. The minimum atomic E-state index is 0.290. The van der Waals surface area contributed by atoms with Crippen LogP contribution in [0.4, 0.5) is 5.69 Å². The molecule has 0 fully saturated rings. The van der Waals surface area contributed by atoms with E-state index in [1.165, 1.54) is 7.11 Å². The molecule has 0 aliphatic rings. The molecular formula is C16H13N3O2. The van der Waals surface area contributed by atoms with Crippen molar-refractivity contribution >= 4 is 5.69 Å². The van der Waals surface area contributed by atoms with Crippen molar-refractivity contribution in [3.05, 3.63) is 53.1 Å². The van der Waals surface area contributed by atoms with E-state index in [-0.39, 0.29) is 6.61 Å². The first-order valence-electron chi connectivity index (χ1n) is 6.17. The van der Waals surface area contributed by atoms with Crippen molar-refractivity contribution in [3.63, 3.8) is 0 Å². The van der Waals surface area contributed by atoms with E-state index in [0.29, 0.717) is 28.3 Å². The summed E-state index contributed by atoms with van der Waals surface area (Å²) in [6, 6.07) is 14.2. The first-order chi connectivity index (χ1) is 10.2. The Morgan fingerprint density at radius 1 is 1.05 bits per heavy atom. The second-order valence-corrected chi connectivity index (χ2v) is 4.30. The predicted octanol–water partition coefficient (Wildman–Crippen LogP) is 2.60. The zero-order chi connectivity index (χ0) is 15.2. The number of rotatable bonds is 4. The predicted molar refractivity (Wildman–Crippen MR) is 77.6 cm³/mol. The topological polar surface area (TPSA) is 92.1 Å². The van der Waals surface area contributed by atoms with Gasteiger partial charge in [0.1, 0.15) is 24.2 Å². The van der Waals surface area contributed by atoms with Crippen LogP contribution in [0.3, 0.4) is 0 Å². The normalized spacial score (nSPS) is 9.48. The molecule has 2 aromatic rings. The number of ether oxygens (including phenoxy) is 2. The fraction of sp³-hybridized carbons (Fsp3) is 0.125. The molecular weight excluding hydrogens is 266 g/mol. The summed E-state index contributed by atoms with van der Waals surface area (Å²) < 4.78 is 10.8. The van der Waals surface area contributed by atoms with Crippen molar-refractivity contribution < 1.29 is 9.47 Å². The van der Waals surface area contributed by atoms with E-state index in [2.05, 4.69) is 6.07 Å². The molecule has 0 aromatic heterocycles. The molecule has 21 heavy (non-hydrogen) atoms. The maximum Gasteiger partial charge on any atom is 0.142 e. The van der Waals surface area contributed by atoms with Crippen LogP contribution in [0, 0.1) is 22.7 Å². The summed E-state index contributed by atoms with van der Waals surface area (Å²) in [5.74, 6) is 1.02. The van der Waals surface area contributed by atoms with Gasteiger partial charge in [0.25, 0.3) is 0 Å². The van der Waals surface area contributed by atoms with Gasteiger partial charge in [0.05, 0.1) is 30.0 Å². The van der Waals surface area contributed by atoms with Gasteiger partial charge in [-0.2, -0.15) is 10.5 Å². The second-order valence-electron chi connectivity index (χ2n) is 4.30. The Balaban J connectivity index is 2.14. The maximum absolute atomic E-state index is 8.93. The molecule has 0 heterocycles. The third-order valence-corrected chi connectivity index (χ3v) is 2.92. The molecule has 0 aliphatic heterocycles. The molecule has 0 saturated carbocycles. The molecule has 0 saturated heterocycles. The average molecular weight is 279 g/mol. The van der Waals surface area contributed by atoms with E-state index >= 15 is 0 Å². The lowest BCUT2D eigenvalue weighted by molar-refractivity contribution is 0.307. The number of hydrogen-bond donors (Lipinski definition) is 1. The summed E-state index contributed by atoms with van der Waals surface area (Å²) in [5, 5.41) is 17.7. The summed E-state index contributed by atoms with van der Waals surface area (Å²) in [6.07, 6.45) is 0. The Bertz CT molecular complexity index is 742. The van der Waals surface area contributed by atoms with Crippen molar-refractivity contribution in [2.75, 3.05) is 12.8 Å². The molecule has 2 N–H and O–H groups in total. The number of nitrogens with zero attached hydrogens (tertiary/aromatic N) is 2. The van der Waals surface area contributed by atoms with E-state index < -0.39 is 0 Å². The fourth-order valence-corrected chi connectivity index (χ4v) is 1.83. The van der Waals surface area contributed by atoms with Gasteiger partial charge in [-0.15, -0.1) is 0 Å². The SMILES string of the molecule is COc1cc(COc2ccc(C#N)cc2N)ccc1C#N. The summed E-state index contributed by atoms with van der Waals surface area (Å²) in [4.78, 5) is 0. The highest BCUT2D eigenvalue weighted by Crippen LogP contribution is 2.25. The smallest absolute Gasteiger partial charge is 0.142 e. The number of benzene rings is 2. The average Bonchev–Trinajstić information content (AvgIpc) is 2.53. The number of nitriles is 2. The highest BCUT2D eigenvalue weighted by Gasteiger charge is 2.06. The molecule has 0 aliphatic carbocycles. The number of anilines is 1. The minimum Gasteiger partial charge on any atom is -0.495 e. The lowest BCUT2D eigenvalue weighted by Crippen LogP contribution is -2.00. The van der Waals surface area contributed by atoms with E-state index in [0.717, 1.165) is 5.56 Å². The summed E-state index contributed by atoms with van der Waals surface area (Å²) in [7, 11) is 1.51. The summed E-state index contributed by atoms with van der Waals surface area (Å²) >= 11 is 0. The molecule has 0 amide bonds. The third-order valence-electron chi connectivity index (χ3n) is 2.92. The number of nitrogen functional groups attached to an aromatic ring is 1. The molecule has 0 atom stereocenters. The number of nitrogens with two attached hydrogens (primary N) is 1.